The van der Waals surface area contributed by atoms with Crippen molar-refractivity contribution in [3.8, 4) is 0 Å². The minimum Gasteiger partial charge on any atom is -0.262 e. The second kappa shape index (κ2) is 2.65. The van der Waals surface area contributed by atoms with Crippen molar-refractivity contribution in [1.29, 1.82) is 0 Å². The number of hydrogen-bond acceptors (Lipinski definition) is 3. The molecule has 0 aliphatic carbocycles. The summed E-state index contributed by atoms with van der Waals surface area (Å²) in [6.45, 7) is 3.79. The normalized spacial score (nSPS) is 15.7. The maximum absolute atomic E-state index is 3.79. The van der Waals surface area contributed by atoms with Crippen LogP contribution in [-0.4, -0.2) is 14.9 Å². The molecule has 0 fully saturated rings. The van der Waals surface area contributed by atoms with Gasteiger partial charge in [-0.3, -0.25) is 5.01 Å². The molecular weight excluding hydrogens is 152 g/mol. The first-order chi connectivity index (χ1) is 5.86. The fourth-order valence-electron chi connectivity index (χ4n) is 0.918. The molecule has 1 aromatic rings. The summed E-state index contributed by atoms with van der Waals surface area (Å²) in [4.78, 5) is 0. The Morgan fingerprint density at radius 2 is 1.67 bits per heavy atom. The average molecular weight is 160 g/mol. The molecule has 0 atom stereocenters. The van der Waals surface area contributed by atoms with Gasteiger partial charge in [0, 0.05) is 12.4 Å². The Morgan fingerprint density at radius 3 is 2.25 bits per heavy atom. The molecule has 0 amide bonds. The predicted molar refractivity (Wildman–Crippen MR) is 45.7 cm³/mol. The maximum atomic E-state index is 3.79. The second-order valence-electron chi connectivity index (χ2n) is 2.43. The van der Waals surface area contributed by atoms with Crippen LogP contribution in [0, 0.1) is 0 Å². The van der Waals surface area contributed by atoms with Crippen molar-refractivity contribution < 1.29 is 0 Å². The van der Waals surface area contributed by atoms with Crippen molar-refractivity contribution in [3.05, 3.63) is 49.4 Å². The van der Waals surface area contributed by atoms with Crippen LogP contribution >= 0.6 is 0 Å². The number of aromatic nitrogens is 3. The summed E-state index contributed by atoms with van der Waals surface area (Å²) >= 11 is 0. The van der Waals surface area contributed by atoms with Crippen LogP contribution in [0.5, 0.6) is 0 Å². The van der Waals surface area contributed by atoms with E-state index in [4.69, 9.17) is 0 Å². The van der Waals surface area contributed by atoms with Gasteiger partial charge in [0.25, 0.3) is 0 Å². The first-order valence-electron chi connectivity index (χ1n) is 3.55. The highest BCUT2D eigenvalue weighted by Gasteiger charge is 1.99. The average Bonchev–Trinajstić information content (AvgIpc) is 2.58. The van der Waals surface area contributed by atoms with Crippen LogP contribution in [0.25, 0.3) is 0 Å². The first kappa shape index (κ1) is 6.84. The van der Waals surface area contributed by atoms with Crippen molar-refractivity contribution >= 4 is 0 Å². The minimum atomic E-state index is 0.985. The molecule has 0 saturated carbocycles. The zero-order chi connectivity index (χ0) is 8.39. The fourth-order valence-corrected chi connectivity index (χ4v) is 0.918. The quantitative estimate of drug-likeness (QED) is 0.609. The van der Waals surface area contributed by atoms with E-state index in [1.165, 1.54) is 0 Å². The summed E-state index contributed by atoms with van der Waals surface area (Å²) in [7, 11) is 0. The molecule has 60 valence electrons. The Balaban J connectivity index is 2.23. The van der Waals surface area contributed by atoms with Crippen molar-refractivity contribution in [1.82, 2.24) is 14.9 Å². The molecule has 2 heterocycles. The number of allylic oxidation sites excluding steroid dienone is 3. The molecule has 4 nitrogen and oxygen atoms in total. The zero-order valence-electron chi connectivity index (χ0n) is 6.46. The molecule has 1 aliphatic rings. The standard InChI is InChI=1S/C8H8N4/c1-8-2-4-11(5-3-8)12-6-9-10-7-12/h2-7H,1H2. The van der Waals surface area contributed by atoms with Gasteiger partial charge in [0.15, 0.2) is 0 Å². The lowest BCUT2D eigenvalue weighted by Crippen LogP contribution is -2.22. The number of rotatable bonds is 1. The molecule has 0 spiro atoms. The minimum absolute atomic E-state index is 0.985. The van der Waals surface area contributed by atoms with Crippen LogP contribution < -0.4 is 5.01 Å². The summed E-state index contributed by atoms with van der Waals surface area (Å²) in [6, 6.07) is 0. The Hall–Kier alpha value is -1.84. The lowest BCUT2D eigenvalue weighted by Gasteiger charge is -2.17. The Labute approximate surface area is 70.1 Å². The zero-order valence-corrected chi connectivity index (χ0v) is 6.46. The Kier molecular flexibility index (Phi) is 1.51. The van der Waals surface area contributed by atoms with Crippen LogP contribution in [0.1, 0.15) is 0 Å². The van der Waals surface area contributed by atoms with Gasteiger partial charge >= 0.3 is 0 Å². The highest BCUT2D eigenvalue weighted by Crippen LogP contribution is 2.05. The molecule has 4 heteroatoms. The summed E-state index contributed by atoms with van der Waals surface area (Å²) < 4.78 is 1.76. The molecule has 0 bridgehead atoms. The second-order valence-corrected chi connectivity index (χ2v) is 2.43. The fraction of sp³-hybridized carbons (Fsp3) is 0. The molecule has 1 aromatic heterocycles. The van der Waals surface area contributed by atoms with E-state index < -0.39 is 0 Å². The molecule has 0 saturated heterocycles. The van der Waals surface area contributed by atoms with Gasteiger partial charge < -0.3 is 0 Å². The van der Waals surface area contributed by atoms with E-state index in [-0.39, 0.29) is 0 Å². The first-order valence-corrected chi connectivity index (χ1v) is 3.55. The molecule has 0 radical (unpaired) electrons. The van der Waals surface area contributed by atoms with E-state index in [9.17, 15) is 0 Å². The van der Waals surface area contributed by atoms with Gasteiger partial charge in [-0.15, -0.1) is 10.2 Å². The van der Waals surface area contributed by atoms with E-state index in [0.29, 0.717) is 0 Å². The topological polar surface area (TPSA) is 34.0 Å². The van der Waals surface area contributed by atoms with Gasteiger partial charge in [-0.25, -0.2) is 4.68 Å². The van der Waals surface area contributed by atoms with Crippen LogP contribution in [0.3, 0.4) is 0 Å². The monoisotopic (exact) mass is 160 g/mol. The van der Waals surface area contributed by atoms with E-state index in [0.717, 1.165) is 5.57 Å². The SMILES string of the molecule is C=C1C=CN(n2cnnc2)C=C1. The lowest BCUT2D eigenvalue weighted by molar-refractivity contribution is 0.791. The summed E-state index contributed by atoms with van der Waals surface area (Å²) in [5.74, 6) is 0. The highest BCUT2D eigenvalue weighted by atomic mass is 15.6. The maximum Gasteiger partial charge on any atom is 0.139 e. The molecular formula is C8H8N4. The highest BCUT2D eigenvalue weighted by molar-refractivity contribution is 5.36. The summed E-state index contributed by atoms with van der Waals surface area (Å²) in [6.07, 6.45) is 10.9. The van der Waals surface area contributed by atoms with E-state index in [2.05, 4.69) is 16.8 Å². The van der Waals surface area contributed by atoms with Crippen molar-refractivity contribution in [2.24, 2.45) is 0 Å². The van der Waals surface area contributed by atoms with Crippen LogP contribution in [0.15, 0.2) is 49.4 Å². The van der Waals surface area contributed by atoms with Crippen LogP contribution in [0.4, 0.5) is 0 Å². The van der Waals surface area contributed by atoms with E-state index in [1.54, 1.807) is 17.3 Å². The van der Waals surface area contributed by atoms with Gasteiger partial charge in [0.1, 0.15) is 12.7 Å². The van der Waals surface area contributed by atoms with Crippen molar-refractivity contribution in [2.45, 2.75) is 0 Å². The van der Waals surface area contributed by atoms with Crippen molar-refractivity contribution in [3.63, 3.8) is 0 Å². The van der Waals surface area contributed by atoms with Crippen LogP contribution in [-0.2, 0) is 0 Å². The van der Waals surface area contributed by atoms with Gasteiger partial charge in [0.2, 0.25) is 0 Å². The molecule has 1 aliphatic heterocycles. The lowest BCUT2D eigenvalue weighted by atomic mass is 10.2. The molecule has 0 N–H and O–H groups in total. The van der Waals surface area contributed by atoms with Crippen LogP contribution in [0.2, 0.25) is 0 Å². The Morgan fingerprint density at radius 1 is 1.08 bits per heavy atom. The predicted octanol–water partition coefficient (Wildman–Crippen LogP) is 0.813. The van der Waals surface area contributed by atoms with Gasteiger partial charge in [-0.05, 0) is 17.7 Å². The Bertz CT molecular complexity index is 318. The third-order valence-corrected chi connectivity index (χ3v) is 1.56. The van der Waals surface area contributed by atoms with E-state index >= 15 is 0 Å². The summed E-state index contributed by atoms with van der Waals surface area (Å²) in [5, 5.41) is 9.25. The molecule has 0 aromatic carbocycles. The van der Waals surface area contributed by atoms with Gasteiger partial charge in [0.05, 0.1) is 0 Å². The number of nitrogens with zero attached hydrogens (tertiary/aromatic N) is 4. The molecule has 0 unspecified atom stereocenters. The third kappa shape index (κ3) is 1.14. The largest absolute Gasteiger partial charge is 0.262 e. The van der Waals surface area contributed by atoms with Crippen molar-refractivity contribution in [2.75, 3.05) is 5.01 Å². The molecule has 2 rings (SSSR count). The van der Waals surface area contributed by atoms with Gasteiger partial charge in [-0.1, -0.05) is 6.58 Å². The number of hydrogen-bond donors (Lipinski definition) is 0. The summed E-state index contributed by atoms with van der Waals surface area (Å²) in [5.41, 5.74) is 0.985. The van der Waals surface area contributed by atoms with E-state index in [1.807, 2.05) is 29.6 Å². The molecule has 12 heavy (non-hydrogen) atoms. The van der Waals surface area contributed by atoms with Gasteiger partial charge in [-0.2, -0.15) is 0 Å². The smallest absolute Gasteiger partial charge is 0.139 e. The third-order valence-electron chi connectivity index (χ3n) is 1.56.